The summed E-state index contributed by atoms with van der Waals surface area (Å²) in [6.07, 6.45) is 13.8. The zero-order valence-corrected chi connectivity index (χ0v) is 21.2. The minimum atomic E-state index is -0.0252. The highest BCUT2D eigenvalue weighted by atomic mass is 16.5. The molecular formula is C28H47NO2. The molecule has 3 aliphatic carbocycles. The third kappa shape index (κ3) is 3.62. The van der Waals surface area contributed by atoms with E-state index >= 15 is 0 Å². The third-order valence-electron chi connectivity index (χ3n) is 10.6. The van der Waals surface area contributed by atoms with Crippen molar-refractivity contribution in [3.05, 3.63) is 11.8 Å². The minimum Gasteiger partial charge on any atom is -0.380 e. The zero-order chi connectivity index (χ0) is 22.6. The number of ether oxygens (including phenoxy) is 1. The maximum atomic E-state index is 12.6. The van der Waals surface area contributed by atoms with Gasteiger partial charge in [0.15, 0.2) is 0 Å². The molecule has 2 saturated carbocycles. The van der Waals surface area contributed by atoms with Gasteiger partial charge in [-0.25, -0.2) is 0 Å². The summed E-state index contributed by atoms with van der Waals surface area (Å²) < 4.78 is 6.00. The van der Waals surface area contributed by atoms with Crippen LogP contribution >= 0.6 is 0 Å². The van der Waals surface area contributed by atoms with Crippen LogP contribution in [-0.2, 0) is 9.53 Å². The topological polar surface area (TPSA) is 29.5 Å². The summed E-state index contributed by atoms with van der Waals surface area (Å²) >= 11 is 0. The predicted octanol–water partition coefficient (Wildman–Crippen LogP) is 6.68. The lowest BCUT2D eigenvalue weighted by Crippen LogP contribution is -2.59. The number of allylic oxidation sites excluding steroid dienone is 1. The van der Waals surface area contributed by atoms with Gasteiger partial charge >= 0.3 is 0 Å². The highest BCUT2D eigenvalue weighted by Gasteiger charge is 2.62. The number of carbonyl (C=O) groups is 1. The van der Waals surface area contributed by atoms with Crippen molar-refractivity contribution >= 4 is 5.91 Å². The molecule has 1 saturated heterocycles. The van der Waals surface area contributed by atoms with E-state index in [2.05, 4.69) is 40.7 Å². The molecule has 1 amide bonds. The Morgan fingerprint density at radius 1 is 1.13 bits per heavy atom. The fraction of sp³-hybridized carbons (Fsp3) is 0.893. The van der Waals surface area contributed by atoms with Gasteiger partial charge in [-0.05, 0) is 73.0 Å². The van der Waals surface area contributed by atoms with Gasteiger partial charge in [0.05, 0.1) is 12.5 Å². The molecule has 0 aromatic heterocycles. The Morgan fingerprint density at radius 2 is 1.87 bits per heavy atom. The average molecular weight is 430 g/mol. The molecule has 8 atom stereocenters. The summed E-state index contributed by atoms with van der Waals surface area (Å²) in [6.45, 7) is 12.3. The van der Waals surface area contributed by atoms with E-state index in [0.29, 0.717) is 17.8 Å². The molecule has 4 rings (SSSR count). The molecule has 0 aromatic carbocycles. The van der Waals surface area contributed by atoms with E-state index in [9.17, 15) is 4.79 Å². The number of hydrogen-bond acceptors (Lipinski definition) is 2. The van der Waals surface area contributed by atoms with Gasteiger partial charge in [0.2, 0.25) is 5.91 Å². The van der Waals surface area contributed by atoms with Crippen LogP contribution in [0.2, 0.25) is 0 Å². The van der Waals surface area contributed by atoms with Crippen molar-refractivity contribution in [3.8, 4) is 0 Å². The SMILES string of the molecule is COC1CC(=O)N(C)C2=CC[C@H]3[C@@H]4CC[C@H]([C@H](C)CCCC(C)C)[C@@]4(C)CC[C@@H]3[C@]21C. The highest BCUT2D eigenvalue weighted by molar-refractivity contribution is 5.80. The van der Waals surface area contributed by atoms with E-state index < -0.39 is 0 Å². The van der Waals surface area contributed by atoms with Gasteiger partial charge in [-0.2, -0.15) is 0 Å². The lowest BCUT2D eigenvalue weighted by atomic mass is 9.48. The van der Waals surface area contributed by atoms with E-state index in [0.717, 1.165) is 36.0 Å². The van der Waals surface area contributed by atoms with Crippen LogP contribution in [0.3, 0.4) is 0 Å². The molecule has 3 nitrogen and oxygen atoms in total. The first kappa shape index (κ1) is 23.3. The highest BCUT2D eigenvalue weighted by Crippen LogP contribution is 2.67. The van der Waals surface area contributed by atoms with Gasteiger partial charge in [0, 0.05) is 25.3 Å². The van der Waals surface area contributed by atoms with Crippen molar-refractivity contribution in [1.29, 1.82) is 0 Å². The van der Waals surface area contributed by atoms with E-state index in [1.54, 1.807) is 0 Å². The van der Waals surface area contributed by atoms with Crippen LogP contribution < -0.4 is 0 Å². The van der Waals surface area contributed by atoms with Crippen LogP contribution in [0.1, 0.15) is 92.4 Å². The summed E-state index contributed by atoms with van der Waals surface area (Å²) in [5.74, 6) is 5.00. The van der Waals surface area contributed by atoms with Crippen molar-refractivity contribution in [2.24, 2.45) is 46.3 Å². The molecule has 1 unspecified atom stereocenters. The quantitative estimate of drug-likeness (QED) is 0.471. The van der Waals surface area contributed by atoms with Crippen LogP contribution in [0.15, 0.2) is 11.8 Å². The molecule has 31 heavy (non-hydrogen) atoms. The first-order valence-electron chi connectivity index (χ1n) is 13.1. The van der Waals surface area contributed by atoms with Gasteiger partial charge < -0.3 is 9.64 Å². The molecule has 1 aliphatic heterocycles. The average Bonchev–Trinajstić information content (AvgIpc) is 3.07. The summed E-state index contributed by atoms with van der Waals surface area (Å²) in [6, 6.07) is 0. The molecule has 0 radical (unpaired) electrons. The van der Waals surface area contributed by atoms with Gasteiger partial charge in [0.25, 0.3) is 0 Å². The van der Waals surface area contributed by atoms with Crippen LogP contribution in [0.4, 0.5) is 0 Å². The molecule has 0 aromatic rings. The number of likely N-dealkylation sites (tertiary alicyclic amines) is 1. The van der Waals surface area contributed by atoms with Crippen molar-refractivity contribution in [3.63, 3.8) is 0 Å². The Hall–Kier alpha value is -0.830. The van der Waals surface area contributed by atoms with Crippen molar-refractivity contribution in [2.75, 3.05) is 14.2 Å². The van der Waals surface area contributed by atoms with Crippen molar-refractivity contribution in [1.82, 2.24) is 4.90 Å². The molecule has 0 spiro atoms. The van der Waals surface area contributed by atoms with E-state index in [4.69, 9.17) is 4.74 Å². The number of methoxy groups -OCH3 is 1. The first-order valence-corrected chi connectivity index (χ1v) is 13.1. The molecule has 3 fully saturated rings. The Labute approximate surface area is 191 Å². The second-order valence-electron chi connectivity index (χ2n) is 12.4. The van der Waals surface area contributed by atoms with Crippen LogP contribution in [0, 0.1) is 46.3 Å². The monoisotopic (exact) mass is 429 g/mol. The fourth-order valence-electron chi connectivity index (χ4n) is 8.91. The summed E-state index contributed by atoms with van der Waals surface area (Å²) in [7, 11) is 3.79. The number of fused-ring (bicyclic) bond motifs is 5. The molecule has 1 heterocycles. The second-order valence-corrected chi connectivity index (χ2v) is 12.4. The fourth-order valence-corrected chi connectivity index (χ4v) is 8.91. The molecule has 176 valence electrons. The number of carbonyl (C=O) groups excluding carboxylic acids is 1. The number of amides is 1. The third-order valence-corrected chi connectivity index (χ3v) is 10.6. The predicted molar refractivity (Wildman–Crippen MR) is 127 cm³/mol. The molecule has 4 aliphatic rings. The first-order chi connectivity index (χ1) is 14.6. The Balaban J connectivity index is 1.56. The molecule has 3 heteroatoms. The maximum absolute atomic E-state index is 12.6. The molecule has 0 bridgehead atoms. The summed E-state index contributed by atoms with van der Waals surface area (Å²) in [5, 5.41) is 0. The van der Waals surface area contributed by atoms with Crippen LogP contribution in [0.5, 0.6) is 0 Å². The number of rotatable bonds is 6. The zero-order valence-electron chi connectivity index (χ0n) is 21.2. The van der Waals surface area contributed by atoms with Crippen molar-refractivity contribution in [2.45, 2.75) is 98.5 Å². The van der Waals surface area contributed by atoms with Crippen molar-refractivity contribution < 1.29 is 9.53 Å². The van der Waals surface area contributed by atoms with Gasteiger partial charge in [0.1, 0.15) is 0 Å². The van der Waals surface area contributed by atoms with Gasteiger partial charge in [-0.3, -0.25) is 4.79 Å². The standard InChI is InChI=1S/C28H47NO2/c1-18(2)9-8-10-19(3)21-12-13-22-20-11-14-24-28(5,23(20)15-16-27(21,22)4)25(31-7)17-26(30)29(24)6/h14,18-23,25H,8-13,15-17H2,1-7H3/t19-,20+,21-,22+,23+,25?,27-,28-/m1/s1. The maximum Gasteiger partial charge on any atom is 0.229 e. The van der Waals surface area contributed by atoms with Gasteiger partial charge in [-0.1, -0.05) is 60.0 Å². The van der Waals surface area contributed by atoms with E-state index in [-0.39, 0.29) is 17.4 Å². The van der Waals surface area contributed by atoms with Crippen LogP contribution in [0.25, 0.3) is 0 Å². The molecule has 0 N–H and O–H groups in total. The normalized spacial score (nSPS) is 43.4. The lowest BCUT2D eigenvalue weighted by molar-refractivity contribution is -0.153. The van der Waals surface area contributed by atoms with E-state index in [1.807, 2.05) is 19.1 Å². The van der Waals surface area contributed by atoms with Gasteiger partial charge in [-0.15, -0.1) is 0 Å². The van der Waals surface area contributed by atoms with Crippen LogP contribution in [-0.4, -0.2) is 31.1 Å². The number of nitrogens with zero attached hydrogens (tertiary/aromatic N) is 1. The molecular weight excluding hydrogens is 382 g/mol. The Kier molecular flexibility index (Phi) is 6.40. The lowest BCUT2D eigenvalue weighted by Gasteiger charge is -2.60. The largest absolute Gasteiger partial charge is 0.380 e. The second kappa shape index (κ2) is 8.50. The number of piperidine rings is 1. The Bertz CT molecular complexity index is 714. The van der Waals surface area contributed by atoms with E-state index in [1.165, 1.54) is 50.6 Å². The summed E-state index contributed by atoms with van der Waals surface area (Å²) in [4.78, 5) is 14.6. The summed E-state index contributed by atoms with van der Waals surface area (Å²) in [5.41, 5.74) is 1.72. The number of hydrogen-bond donors (Lipinski definition) is 0. The smallest absolute Gasteiger partial charge is 0.229 e. The Morgan fingerprint density at radius 3 is 2.55 bits per heavy atom. The minimum absolute atomic E-state index is 0.0202.